The standard InChI is InChI=1S/C18H34O8Si2/c1-7-19-27(20-8-2,21-9-3)25-17-13-15-18(16-14-17)26-28(22-10-4,23-11-5)24-12-6/h13-16H,7-12H2,1-6H3. The third-order valence-electron chi connectivity index (χ3n) is 3.24. The van der Waals surface area contributed by atoms with Crippen LogP contribution in [0.25, 0.3) is 0 Å². The molecule has 162 valence electrons. The van der Waals surface area contributed by atoms with E-state index < -0.39 is 18.1 Å². The van der Waals surface area contributed by atoms with E-state index in [0.717, 1.165) is 0 Å². The SMILES string of the molecule is CCO[Si](OCC)(OCC)Oc1ccc(O[Si](OCC)(OCC)OCC)cc1. The summed E-state index contributed by atoms with van der Waals surface area (Å²) in [5, 5.41) is 0. The predicted molar refractivity (Wildman–Crippen MR) is 109 cm³/mol. The molecule has 28 heavy (non-hydrogen) atoms. The van der Waals surface area contributed by atoms with Crippen LogP contribution >= 0.6 is 0 Å². The van der Waals surface area contributed by atoms with Crippen LogP contribution in [-0.4, -0.2) is 57.7 Å². The van der Waals surface area contributed by atoms with Gasteiger partial charge >= 0.3 is 18.1 Å². The molecule has 0 bridgehead atoms. The molecule has 0 atom stereocenters. The molecule has 0 aliphatic heterocycles. The van der Waals surface area contributed by atoms with Crippen LogP contribution in [0.4, 0.5) is 0 Å². The average Bonchev–Trinajstić information content (AvgIpc) is 2.65. The van der Waals surface area contributed by atoms with Crippen molar-refractivity contribution in [2.24, 2.45) is 0 Å². The highest BCUT2D eigenvalue weighted by atomic mass is 28.4. The summed E-state index contributed by atoms with van der Waals surface area (Å²) >= 11 is 0. The summed E-state index contributed by atoms with van der Waals surface area (Å²) in [6.07, 6.45) is 0. The summed E-state index contributed by atoms with van der Waals surface area (Å²) in [7, 11) is -6.49. The first kappa shape index (κ1) is 25.1. The van der Waals surface area contributed by atoms with Gasteiger partial charge in [0.05, 0.1) is 0 Å². The molecule has 0 spiro atoms. The molecule has 8 nitrogen and oxygen atoms in total. The van der Waals surface area contributed by atoms with Crippen molar-refractivity contribution in [1.29, 1.82) is 0 Å². The minimum atomic E-state index is -3.24. The van der Waals surface area contributed by atoms with Crippen molar-refractivity contribution >= 4 is 18.1 Å². The van der Waals surface area contributed by atoms with E-state index in [1.165, 1.54) is 0 Å². The quantitative estimate of drug-likeness (QED) is 0.366. The molecule has 1 aromatic rings. The van der Waals surface area contributed by atoms with Crippen LogP contribution in [0.2, 0.25) is 0 Å². The van der Waals surface area contributed by atoms with Crippen molar-refractivity contribution in [2.75, 3.05) is 39.6 Å². The van der Waals surface area contributed by atoms with Crippen LogP contribution in [0.5, 0.6) is 11.5 Å². The van der Waals surface area contributed by atoms with Gasteiger partial charge in [0.25, 0.3) is 0 Å². The Balaban J connectivity index is 2.95. The lowest BCUT2D eigenvalue weighted by molar-refractivity contribution is 0.00764. The average molecular weight is 435 g/mol. The van der Waals surface area contributed by atoms with Gasteiger partial charge in [-0.15, -0.1) is 0 Å². The van der Waals surface area contributed by atoms with E-state index >= 15 is 0 Å². The van der Waals surface area contributed by atoms with Crippen LogP contribution in [0.15, 0.2) is 24.3 Å². The Morgan fingerprint density at radius 3 is 0.857 bits per heavy atom. The zero-order chi connectivity index (χ0) is 20.9. The largest absolute Gasteiger partial charge is 0.749 e. The van der Waals surface area contributed by atoms with Crippen LogP contribution in [0.1, 0.15) is 41.5 Å². The first-order chi connectivity index (χ1) is 13.5. The van der Waals surface area contributed by atoms with Gasteiger partial charge in [0, 0.05) is 39.6 Å². The number of hydrogen-bond donors (Lipinski definition) is 0. The Bertz CT molecular complexity index is 448. The molecule has 0 amide bonds. The van der Waals surface area contributed by atoms with Crippen molar-refractivity contribution in [3.63, 3.8) is 0 Å². The highest BCUT2D eigenvalue weighted by molar-refractivity contribution is 6.54. The van der Waals surface area contributed by atoms with Gasteiger partial charge in [-0.05, 0) is 65.8 Å². The van der Waals surface area contributed by atoms with E-state index in [0.29, 0.717) is 51.1 Å². The molecule has 0 saturated heterocycles. The summed E-state index contributed by atoms with van der Waals surface area (Å²) < 4.78 is 46.2. The molecule has 0 N–H and O–H groups in total. The van der Waals surface area contributed by atoms with Crippen LogP contribution in [0.3, 0.4) is 0 Å². The molecular weight excluding hydrogens is 400 g/mol. The predicted octanol–water partition coefficient (Wildman–Crippen LogP) is 3.53. The van der Waals surface area contributed by atoms with Gasteiger partial charge in [0.2, 0.25) is 0 Å². The van der Waals surface area contributed by atoms with E-state index in [4.69, 9.17) is 35.4 Å². The molecule has 10 heteroatoms. The minimum absolute atomic E-state index is 0.429. The third-order valence-corrected chi connectivity index (χ3v) is 8.06. The second-order valence-electron chi connectivity index (χ2n) is 5.27. The topological polar surface area (TPSA) is 73.8 Å². The summed E-state index contributed by atoms with van der Waals surface area (Å²) in [4.78, 5) is 0. The van der Waals surface area contributed by atoms with Gasteiger partial charge in [-0.1, -0.05) is 0 Å². The fourth-order valence-corrected chi connectivity index (χ4v) is 6.18. The van der Waals surface area contributed by atoms with Crippen molar-refractivity contribution in [3.8, 4) is 11.5 Å². The Morgan fingerprint density at radius 1 is 0.464 bits per heavy atom. The Hall–Kier alpha value is -0.986. The highest BCUT2D eigenvalue weighted by Crippen LogP contribution is 2.25. The van der Waals surface area contributed by atoms with Crippen LogP contribution < -0.4 is 8.85 Å². The maximum absolute atomic E-state index is 5.99. The zero-order valence-electron chi connectivity index (χ0n) is 17.8. The van der Waals surface area contributed by atoms with Gasteiger partial charge in [-0.3, -0.25) is 0 Å². The lowest BCUT2D eigenvalue weighted by Gasteiger charge is -2.28. The normalized spacial score (nSPS) is 12.2. The maximum atomic E-state index is 5.99. The third kappa shape index (κ3) is 7.80. The van der Waals surface area contributed by atoms with Crippen LogP contribution in [-0.2, 0) is 26.6 Å². The van der Waals surface area contributed by atoms with E-state index in [-0.39, 0.29) is 0 Å². The summed E-state index contributed by atoms with van der Waals surface area (Å²) in [5.41, 5.74) is 0. The summed E-state index contributed by atoms with van der Waals surface area (Å²) in [6, 6.07) is 7.04. The van der Waals surface area contributed by atoms with Gasteiger partial charge in [-0.2, -0.15) is 0 Å². The van der Waals surface area contributed by atoms with Crippen molar-refractivity contribution in [2.45, 2.75) is 41.5 Å². The molecule has 0 saturated carbocycles. The first-order valence-electron chi connectivity index (χ1n) is 9.84. The van der Waals surface area contributed by atoms with Crippen LogP contribution in [0, 0.1) is 0 Å². The summed E-state index contributed by atoms with van der Waals surface area (Å²) in [6.45, 7) is 13.8. The second-order valence-corrected chi connectivity index (χ2v) is 9.41. The Kier molecular flexibility index (Phi) is 11.9. The molecule has 0 heterocycles. The smallest absolute Gasteiger partial charge is 0.480 e. The fraction of sp³-hybridized carbons (Fsp3) is 0.667. The monoisotopic (exact) mass is 434 g/mol. The molecular formula is C18H34O8Si2. The van der Waals surface area contributed by atoms with E-state index in [2.05, 4.69) is 0 Å². The Morgan fingerprint density at radius 2 is 0.679 bits per heavy atom. The van der Waals surface area contributed by atoms with Gasteiger partial charge in [-0.25, -0.2) is 0 Å². The van der Waals surface area contributed by atoms with E-state index in [1.807, 2.05) is 41.5 Å². The molecule has 0 aromatic heterocycles. The lowest BCUT2D eigenvalue weighted by Crippen LogP contribution is -2.52. The van der Waals surface area contributed by atoms with E-state index in [1.54, 1.807) is 24.3 Å². The van der Waals surface area contributed by atoms with E-state index in [9.17, 15) is 0 Å². The van der Waals surface area contributed by atoms with Gasteiger partial charge in [0.1, 0.15) is 11.5 Å². The molecule has 1 aromatic carbocycles. The van der Waals surface area contributed by atoms with Gasteiger partial charge in [0.15, 0.2) is 0 Å². The maximum Gasteiger partial charge on any atom is 0.749 e. The van der Waals surface area contributed by atoms with Crippen molar-refractivity contribution in [1.82, 2.24) is 0 Å². The first-order valence-corrected chi connectivity index (χ1v) is 13.1. The highest BCUT2D eigenvalue weighted by Gasteiger charge is 2.49. The lowest BCUT2D eigenvalue weighted by atomic mass is 10.3. The molecule has 1 rings (SSSR count). The number of benzene rings is 1. The molecule has 0 aliphatic carbocycles. The minimum Gasteiger partial charge on any atom is -0.480 e. The summed E-state index contributed by atoms with van der Waals surface area (Å²) in [5.74, 6) is 1.12. The molecule has 0 aliphatic rings. The van der Waals surface area contributed by atoms with Gasteiger partial charge < -0.3 is 35.4 Å². The van der Waals surface area contributed by atoms with Crippen molar-refractivity contribution < 1.29 is 35.4 Å². The molecule has 0 radical (unpaired) electrons. The molecule has 0 unspecified atom stereocenters. The number of rotatable bonds is 16. The second kappa shape index (κ2) is 13.3. The fourth-order valence-electron chi connectivity index (χ4n) is 2.35. The Labute approximate surface area is 170 Å². The zero-order valence-corrected chi connectivity index (χ0v) is 19.8. The number of hydrogen-bond acceptors (Lipinski definition) is 8. The van der Waals surface area contributed by atoms with Crippen molar-refractivity contribution in [3.05, 3.63) is 24.3 Å². The molecule has 0 fully saturated rings.